The predicted octanol–water partition coefficient (Wildman–Crippen LogP) is 0.788. The minimum absolute atomic E-state index is 0.0331. The van der Waals surface area contributed by atoms with Gasteiger partial charge in [0.1, 0.15) is 0 Å². The third kappa shape index (κ3) is 3.18. The molecule has 1 fully saturated rings. The normalized spacial score (nSPS) is 28.5. The average molecular weight is 199 g/mol. The molecule has 2 N–H and O–H groups in total. The van der Waals surface area contributed by atoms with Crippen molar-refractivity contribution >= 4 is 6.03 Å². The Bertz CT molecular complexity index is 196. The van der Waals surface area contributed by atoms with Crippen LogP contribution in [0.2, 0.25) is 0 Å². The molecule has 1 saturated heterocycles. The Balaban J connectivity index is 2.29. The SMILES string of the molecule is CCNC(=O)NC1CCN(C)C(C)C1. The van der Waals surface area contributed by atoms with Crippen LogP contribution in [0.5, 0.6) is 0 Å². The molecule has 14 heavy (non-hydrogen) atoms. The summed E-state index contributed by atoms with van der Waals surface area (Å²) in [6.45, 7) is 5.88. The second-order valence-electron chi connectivity index (χ2n) is 4.05. The summed E-state index contributed by atoms with van der Waals surface area (Å²) in [6, 6.07) is 0.873. The van der Waals surface area contributed by atoms with Crippen molar-refractivity contribution in [1.29, 1.82) is 0 Å². The lowest BCUT2D eigenvalue weighted by molar-refractivity contribution is 0.168. The summed E-state index contributed by atoms with van der Waals surface area (Å²) >= 11 is 0. The van der Waals surface area contributed by atoms with Crippen molar-refractivity contribution in [3.8, 4) is 0 Å². The molecule has 0 saturated carbocycles. The Hall–Kier alpha value is -0.770. The van der Waals surface area contributed by atoms with Gasteiger partial charge in [-0.15, -0.1) is 0 Å². The molecular weight excluding hydrogens is 178 g/mol. The lowest BCUT2D eigenvalue weighted by Gasteiger charge is -2.35. The topological polar surface area (TPSA) is 44.4 Å². The molecule has 4 nitrogen and oxygen atoms in total. The summed E-state index contributed by atoms with van der Waals surface area (Å²) in [5.41, 5.74) is 0. The van der Waals surface area contributed by atoms with Crippen molar-refractivity contribution in [3.05, 3.63) is 0 Å². The first-order chi connectivity index (χ1) is 6.63. The molecule has 2 atom stereocenters. The fourth-order valence-corrected chi connectivity index (χ4v) is 1.82. The highest BCUT2D eigenvalue weighted by Crippen LogP contribution is 2.14. The lowest BCUT2D eigenvalue weighted by Crippen LogP contribution is -2.49. The first-order valence-electron chi connectivity index (χ1n) is 5.38. The van der Waals surface area contributed by atoms with Crippen molar-refractivity contribution in [3.63, 3.8) is 0 Å². The maximum absolute atomic E-state index is 11.3. The van der Waals surface area contributed by atoms with Crippen molar-refractivity contribution in [2.75, 3.05) is 20.1 Å². The van der Waals surface area contributed by atoms with E-state index in [2.05, 4.69) is 29.5 Å². The average Bonchev–Trinajstić information content (AvgIpc) is 2.12. The summed E-state index contributed by atoms with van der Waals surface area (Å²) in [4.78, 5) is 13.6. The van der Waals surface area contributed by atoms with Gasteiger partial charge in [-0.3, -0.25) is 0 Å². The van der Waals surface area contributed by atoms with E-state index in [1.54, 1.807) is 0 Å². The van der Waals surface area contributed by atoms with Gasteiger partial charge in [-0.25, -0.2) is 4.79 Å². The van der Waals surface area contributed by atoms with E-state index in [1.165, 1.54) is 0 Å². The van der Waals surface area contributed by atoms with Crippen LogP contribution in [-0.4, -0.2) is 43.2 Å². The van der Waals surface area contributed by atoms with Gasteiger partial charge < -0.3 is 15.5 Å². The van der Waals surface area contributed by atoms with Crippen LogP contribution < -0.4 is 10.6 Å². The van der Waals surface area contributed by atoms with E-state index in [4.69, 9.17) is 0 Å². The second-order valence-corrected chi connectivity index (χ2v) is 4.05. The van der Waals surface area contributed by atoms with Gasteiger partial charge >= 0.3 is 6.03 Å². The molecule has 1 aliphatic heterocycles. The smallest absolute Gasteiger partial charge is 0.314 e. The minimum atomic E-state index is -0.0331. The summed E-state index contributed by atoms with van der Waals surface area (Å²) in [6.07, 6.45) is 2.10. The number of piperidine rings is 1. The number of rotatable bonds is 2. The first-order valence-corrected chi connectivity index (χ1v) is 5.38. The molecule has 0 aromatic rings. The molecule has 0 radical (unpaired) electrons. The van der Waals surface area contributed by atoms with Crippen LogP contribution in [0, 0.1) is 0 Å². The third-order valence-corrected chi connectivity index (χ3v) is 2.88. The number of carbonyl (C=O) groups excluding carboxylic acids is 1. The summed E-state index contributed by atoms with van der Waals surface area (Å²) in [7, 11) is 2.13. The molecular formula is C10H21N3O. The summed E-state index contributed by atoms with van der Waals surface area (Å²) < 4.78 is 0. The van der Waals surface area contributed by atoms with Crippen LogP contribution in [0.15, 0.2) is 0 Å². The van der Waals surface area contributed by atoms with Gasteiger partial charge in [-0.1, -0.05) is 0 Å². The van der Waals surface area contributed by atoms with Crippen molar-refractivity contribution < 1.29 is 4.79 Å². The number of hydrogen-bond acceptors (Lipinski definition) is 2. The van der Waals surface area contributed by atoms with E-state index < -0.39 is 0 Å². The molecule has 1 rings (SSSR count). The molecule has 0 bridgehead atoms. The van der Waals surface area contributed by atoms with Gasteiger partial charge in [0.05, 0.1) is 0 Å². The quantitative estimate of drug-likeness (QED) is 0.690. The van der Waals surface area contributed by atoms with Gasteiger partial charge in [-0.05, 0) is 33.7 Å². The van der Waals surface area contributed by atoms with Crippen LogP contribution in [0.25, 0.3) is 0 Å². The highest BCUT2D eigenvalue weighted by molar-refractivity contribution is 5.74. The first kappa shape index (κ1) is 11.3. The Labute approximate surface area is 86.0 Å². The van der Waals surface area contributed by atoms with Crippen LogP contribution in [0.3, 0.4) is 0 Å². The number of urea groups is 1. The van der Waals surface area contributed by atoms with Gasteiger partial charge in [-0.2, -0.15) is 0 Å². The molecule has 1 aliphatic rings. The van der Waals surface area contributed by atoms with Crippen LogP contribution >= 0.6 is 0 Å². The van der Waals surface area contributed by atoms with E-state index in [0.717, 1.165) is 19.4 Å². The zero-order valence-electron chi connectivity index (χ0n) is 9.34. The summed E-state index contributed by atoms with van der Waals surface area (Å²) in [5, 5.41) is 5.75. The summed E-state index contributed by atoms with van der Waals surface area (Å²) in [5.74, 6) is 0. The van der Waals surface area contributed by atoms with Gasteiger partial charge in [0, 0.05) is 25.2 Å². The molecule has 4 heteroatoms. The fourth-order valence-electron chi connectivity index (χ4n) is 1.82. The Morgan fingerprint density at radius 2 is 2.29 bits per heavy atom. The predicted molar refractivity (Wildman–Crippen MR) is 57.3 cm³/mol. The zero-order valence-corrected chi connectivity index (χ0v) is 9.34. The van der Waals surface area contributed by atoms with Gasteiger partial charge in [0.25, 0.3) is 0 Å². The van der Waals surface area contributed by atoms with Crippen molar-refractivity contribution in [1.82, 2.24) is 15.5 Å². The Morgan fingerprint density at radius 1 is 1.57 bits per heavy atom. The number of hydrogen-bond donors (Lipinski definition) is 2. The van der Waals surface area contributed by atoms with E-state index >= 15 is 0 Å². The third-order valence-electron chi connectivity index (χ3n) is 2.88. The van der Waals surface area contributed by atoms with Gasteiger partial charge in [0.15, 0.2) is 0 Å². The van der Waals surface area contributed by atoms with Crippen molar-refractivity contribution in [2.24, 2.45) is 0 Å². The van der Waals surface area contributed by atoms with E-state index in [1.807, 2.05) is 6.92 Å². The lowest BCUT2D eigenvalue weighted by atomic mass is 9.99. The maximum atomic E-state index is 11.3. The fraction of sp³-hybridized carbons (Fsp3) is 0.900. The molecule has 1 heterocycles. The monoisotopic (exact) mass is 199 g/mol. The molecule has 2 amide bonds. The number of carbonyl (C=O) groups is 1. The highest BCUT2D eigenvalue weighted by atomic mass is 16.2. The van der Waals surface area contributed by atoms with E-state index in [-0.39, 0.29) is 6.03 Å². The zero-order chi connectivity index (χ0) is 10.6. The largest absolute Gasteiger partial charge is 0.338 e. The van der Waals surface area contributed by atoms with E-state index in [0.29, 0.717) is 18.6 Å². The minimum Gasteiger partial charge on any atom is -0.338 e. The number of nitrogens with zero attached hydrogens (tertiary/aromatic N) is 1. The van der Waals surface area contributed by atoms with Gasteiger partial charge in [0.2, 0.25) is 0 Å². The maximum Gasteiger partial charge on any atom is 0.314 e. The highest BCUT2D eigenvalue weighted by Gasteiger charge is 2.23. The standard InChI is InChI=1S/C10H21N3O/c1-4-11-10(14)12-9-5-6-13(3)8(2)7-9/h8-9H,4-7H2,1-3H3,(H2,11,12,14). The second kappa shape index (κ2) is 5.20. The number of nitrogens with one attached hydrogen (secondary N) is 2. The van der Waals surface area contributed by atoms with Crippen LogP contribution in [0.1, 0.15) is 26.7 Å². The van der Waals surface area contributed by atoms with Crippen LogP contribution in [0.4, 0.5) is 4.79 Å². The molecule has 0 spiro atoms. The Kier molecular flexibility index (Phi) is 4.20. The number of likely N-dealkylation sites (tertiary alicyclic amines) is 1. The Morgan fingerprint density at radius 3 is 2.86 bits per heavy atom. The molecule has 82 valence electrons. The molecule has 2 unspecified atom stereocenters. The molecule has 0 aromatic carbocycles. The van der Waals surface area contributed by atoms with Crippen molar-refractivity contribution in [2.45, 2.75) is 38.8 Å². The number of amides is 2. The van der Waals surface area contributed by atoms with E-state index in [9.17, 15) is 4.79 Å². The molecule has 0 aliphatic carbocycles. The molecule has 0 aromatic heterocycles. The van der Waals surface area contributed by atoms with Crippen LogP contribution in [-0.2, 0) is 0 Å².